The van der Waals surface area contributed by atoms with Crippen molar-refractivity contribution in [2.75, 3.05) is 37.9 Å². The third-order valence-corrected chi connectivity index (χ3v) is 6.52. The highest BCUT2D eigenvalue weighted by molar-refractivity contribution is 5.94. The molecule has 2 amide bonds. The van der Waals surface area contributed by atoms with Crippen molar-refractivity contribution in [3.8, 4) is 11.4 Å². The molecule has 0 spiro atoms. The number of esters is 1. The molecule has 1 fully saturated rings. The van der Waals surface area contributed by atoms with E-state index in [0.717, 1.165) is 17.0 Å². The normalized spacial score (nSPS) is 17.5. The fourth-order valence-corrected chi connectivity index (χ4v) is 4.55. The predicted octanol–water partition coefficient (Wildman–Crippen LogP) is 0.632. The highest BCUT2D eigenvalue weighted by Crippen LogP contribution is 2.34. The number of hydrogen-bond donors (Lipinski definition) is 3. The van der Waals surface area contributed by atoms with E-state index in [0.29, 0.717) is 23.1 Å². The number of amides is 2. The lowest BCUT2D eigenvalue weighted by Crippen LogP contribution is -2.57. The van der Waals surface area contributed by atoms with Crippen molar-refractivity contribution in [1.29, 1.82) is 0 Å². The number of β-amino-alcohol motifs (C(OH)–C–C–N with tert-alkyl or cyclic N) is 1. The number of hydrazone groups is 1. The zero-order chi connectivity index (χ0) is 28.4. The molecule has 0 saturated carbocycles. The van der Waals surface area contributed by atoms with Gasteiger partial charge in [-0.05, 0) is 35.5 Å². The van der Waals surface area contributed by atoms with Crippen molar-refractivity contribution in [2.45, 2.75) is 18.8 Å². The van der Waals surface area contributed by atoms with E-state index in [4.69, 9.17) is 4.74 Å². The Hall–Kier alpha value is -4.70. The van der Waals surface area contributed by atoms with Crippen LogP contribution < -0.4 is 4.90 Å². The van der Waals surface area contributed by atoms with Crippen molar-refractivity contribution in [2.24, 2.45) is 5.10 Å². The highest BCUT2D eigenvalue weighted by Gasteiger charge is 2.49. The molecule has 0 radical (unpaired) electrons. The maximum Gasteiger partial charge on any atom is 0.326 e. The number of urea groups is 1. The van der Waals surface area contributed by atoms with Crippen molar-refractivity contribution in [3.05, 3.63) is 59.7 Å². The number of tetrazole rings is 1. The summed E-state index contributed by atoms with van der Waals surface area (Å²) in [4.78, 5) is 28.4. The van der Waals surface area contributed by atoms with Crippen LogP contribution >= 0.6 is 0 Å². The first kappa shape index (κ1) is 26.9. The summed E-state index contributed by atoms with van der Waals surface area (Å²) in [5, 5.41) is 42.3. The van der Waals surface area contributed by atoms with E-state index in [1.165, 1.54) is 28.1 Å². The highest BCUT2D eigenvalue weighted by atomic mass is 19.1. The molecule has 2 aliphatic heterocycles. The number of carbonyl (C=O) groups is 2. The van der Waals surface area contributed by atoms with Gasteiger partial charge in [0.1, 0.15) is 24.6 Å². The van der Waals surface area contributed by atoms with E-state index in [1.807, 2.05) is 0 Å². The molecule has 14 nitrogen and oxygen atoms in total. The number of carbonyl (C=O) groups excluding carboxylic acids is 2. The molecule has 3 heterocycles. The lowest BCUT2D eigenvalue weighted by atomic mass is 9.90. The third-order valence-electron chi connectivity index (χ3n) is 6.52. The van der Waals surface area contributed by atoms with Gasteiger partial charge in [0.25, 0.3) is 0 Å². The van der Waals surface area contributed by atoms with Crippen molar-refractivity contribution >= 4 is 24.0 Å². The smallest absolute Gasteiger partial charge is 0.326 e. The van der Waals surface area contributed by atoms with Gasteiger partial charge in [-0.15, -0.1) is 10.2 Å². The molecular weight excluding hydrogens is 532 g/mol. The van der Waals surface area contributed by atoms with Crippen LogP contribution in [0.2, 0.25) is 0 Å². The maximum atomic E-state index is 15.0. The Bertz CT molecular complexity index is 1410. The van der Waals surface area contributed by atoms with E-state index < -0.39 is 47.6 Å². The van der Waals surface area contributed by atoms with Gasteiger partial charge in [-0.1, -0.05) is 6.07 Å². The van der Waals surface area contributed by atoms with Crippen LogP contribution in [0.15, 0.2) is 47.6 Å². The fraction of sp³-hybridized carbons (Fsp3) is 0.333. The minimum absolute atomic E-state index is 0.000435. The van der Waals surface area contributed by atoms with Crippen molar-refractivity contribution < 1.29 is 33.3 Å². The summed E-state index contributed by atoms with van der Waals surface area (Å²) < 4.78 is 33.6. The first-order valence-electron chi connectivity index (χ1n) is 12.1. The molecule has 210 valence electrons. The summed E-state index contributed by atoms with van der Waals surface area (Å²) in [6, 6.07) is 8.63. The topological polar surface area (TPSA) is 164 Å². The molecule has 1 aromatic heterocycles. The van der Waals surface area contributed by atoms with Crippen LogP contribution in [-0.2, 0) is 15.1 Å². The lowest BCUT2D eigenvalue weighted by molar-refractivity contribution is -0.152. The molecule has 3 aromatic rings. The Morgan fingerprint density at radius 1 is 1.20 bits per heavy atom. The van der Waals surface area contributed by atoms with Gasteiger partial charge < -0.3 is 19.8 Å². The van der Waals surface area contributed by atoms with Gasteiger partial charge in [-0.25, -0.2) is 13.6 Å². The Morgan fingerprint density at radius 3 is 2.65 bits per heavy atom. The Labute approximate surface area is 226 Å². The molecule has 0 aliphatic carbocycles. The second-order valence-electron chi connectivity index (χ2n) is 9.22. The first-order valence-corrected chi connectivity index (χ1v) is 12.1. The van der Waals surface area contributed by atoms with Crippen LogP contribution in [-0.4, -0.2) is 103 Å². The molecule has 3 N–H and O–H groups in total. The van der Waals surface area contributed by atoms with Crippen LogP contribution in [0.1, 0.15) is 12.5 Å². The summed E-state index contributed by atoms with van der Waals surface area (Å²) in [6.07, 6.45) is -0.598. The molecule has 2 atom stereocenters. The summed E-state index contributed by atoms with van der Waals surface area (Å²) >= 11 is 0. The van der Waals surface area contributed by atoms with E-state index in [1.54, 1.807) is 24.3 Å². The Morgan fingerprint density at radius 2 is 1.98 bits per heavy atom. The maximum absolute atomic E-state index is 15.0. The number of anilines is 1. The monoisotopic (exact) mass is 557 g/mol. The zero-order valence-corrected chi connectivity index (χ0v) is 21.2. The van der Waals surface area contributed by atoms with Crippen molar-refractivity contribution in [1.82, 2.24) is 35.4 Å². The molecule has 0 bridgehead atoms. The number of halogens is 2. The van der Waals surface area contributed by atoms with Gasteiger partial charge in [0.05, 0.1) is 6.54 Å². The summed E-state index contributed by atoms with van der Waals surface area (Å²) in [5.74, 6) is -2.12. The quantitative estimate of drug-likeness (QED) is 0.318. The largest absolute Gasteiger partial charge is 0.444 e. The number of H-pyrrole nitrogens is 1. The van der Waals surface area contributed by atoms with E-state index in [-0.39, 0.29) is 26.5 Å². The summed E-state index contributed by atoms with van der Waals surface area (Å²) in [7, 11) is 0. The Balaban J connectivity index is 1.37. The van der Waals surface area contributed by atoms with Gasteiger partial charge in [0.15, 0.2) is 18.6 Å². The second-order valence-corrected chi connectivity index (χ2v) is 9.22. The van der Waals surface area contributed by atoms with Crippen LogP contribution in [0.3, 0.4) is 0 Å². The Kier molecular flexibility index (Phi) is 7.27. The molecule has 40 heavy (non-hydrogen) atoms. The standard InChI is InChI=1S/C24H25F2N9O5/c1-15(36)40-14-32-12-27-33(13-32)11-24(39,19-7-4-17(25)10-20(19)26)22(37)35-9-8-34(23(35)38)18-5-2-16(3-6-18)21-28-30-31-29-21/h2-7,10,12,22,37,39H,8-9,11,13-14H2,1H3,(H,28,29,30,31)/t22-,24-/m1/s1. The molecule has 0 unspecified atom stereocenters. The summed E-state index contributed by atoms with van der Waals surface area (Å²) in [6.45, 7) is 0.838. The average Bonchev–Trinajstić information content (AvgIpc) is 3.69. The fourth-order valence-electron chi connectivity index (χ4n) is 4.55. The molecule has 16 heteroatoms. The van der Waals surface area contributed by atoms with Crippen LogP contribution in [0.25, 0.3) is 11.4 Å². The van der Waals surface area contributed by atoms with Gasteiger partial charge >= 0.3 is 12.0 Å². The molecule has 5 rings (SSSR count). The van der Waals surface area contributed by atoms with Gasteiger partial charge in [-0.3, -0.25) is 19.6 Å². The molecule has 1 saturated heterocycles. The lowest BCUT2D eigenvalue weighted by Gasteiger charge is -2.39. The first-order chi connectivity index (χ1) is 19.2. The number of aromatic amines is 1. The number of aliphatic hydroxyl groups excluding tert-OH is 1. The minimum atomic E-state index is -2.43. The van der Waals surface area contributed by atoms with Crippen LogP contribution in [0, 0.1) is 11.6 Å². The van der Waals surface area contributed by atoms with Gasteiger partial charge in [0, 0.05) is 42.9 Å². The van der Waals surface area contributed by atoms with Gasteiger partial charge in [0.2, 0.25) is 5.82 Å². The number of aliphatic hydroxyl groups is 2. The number of hydrogen-bond acceptors (Lipinski definition) is 11. The van der Waals surface area contributed by atoms with E-state index in [9.17, 15) is 28.6 Å². The van der Waals surface area contributed by atoms with Gasteiger partial charge in [-0.2, -0.15) is 10.3 Å². The number of aromatic nitrogens is 4. The number of nitrogens with zero attached hydrogens (tertiary/aromatic N) is 8. The van der Waals surface area contributed by atoms with Crippen molar-refractivity contribution in [3.63, 3.8) is 0 Å². The third kappa shape index (κ3) is 5.26. The molecular formula is C24H25F2N9O5. The SMILES string of the molecule is CC(=O)OCN1C=NN(C[C@@](O)(c2ccc(F)cc2F)[C@@H](O)N2CCN(c3ccc(-c4nn[nH]n4)cc3)C2=O)C1. The predicted molar refractivity (Wildman–Crippen MR) is 134 cm³/mol. The zero-order valence-electron chi connectivity index (χ0n) is 21.2. The van der Waals surface area contributed by atoms with E-state index in [2.05, 4.69) is 25.7 Å². The van der Waals surface area contributed by atoms with E-state index >= 15 is 0 Å². The molecule has 2 aliphatic rings. The minimum Gasteiger partial charge on any atom is -0.444 e. The summed E-state index contributed by atoms with van der Waals surface area (Å²) in [5.41, 5.74) is -1.68. The number of ether oxygens (including phenoxy) is 1. The average molecular weight is 558 g/mol. The molecule has 2 aromatic carbocycles. The number of nitrogens with one attached hydrogen (secondary N) is 1. The van der Waals surface area contributed by atoms with Crippen LogP contribution in [0.4, 0.5) is 19.3 Å². The second kappa shape index (κ2) is 10.8. The number of rotatable bonds is 9. The van der Waals surface area contributed by atoms with Crippen LogP contribution in [0.5, 0.6) is 0 Å². The number of benzene rings is 2.